The molecular weight excluding hydrogens is 322 g/mol. The summed E-state index contributed by atoms with van der Waals surface area (Å²) < 4.78 is 1.84. The Kier molecular flexibility index (Phi) is 5.81. The van der Waals surface area contributed by atoms with E-state index >= 15 is 0 Å². The lowest BCUT2D eigenvalue weighted by Crippen LogP contribution is -2.41. The standard InChI is InChI=1S/C17H27N5O3/c1-5-6-22-12(3)15(11(2)19-22)17(25)21-8-7-20(13(4)23)9-14(10-21)16(18)24/h14H,5-10H2,1-4H3,(H2,18,24)/t14-/m0/s1. The highest BCUT2D eigenvalue weighted by Gasteiger charge is 2.32. The van der Waals surface area contributed by atoms with E-state index in [-0.39, 0.29) is 24.9 Å². The van der Waals surface area contributed by atoms with Crippen molar-refractivity contribution in [1.82, 2.24) is 19.6 Å². The van der Waals surface area contributed by atoms with E-state index in [1.165, 1.54) is 6.92 Å². The van der Waals surface area contributed by atoms with E-state index in [1.807, 2.05) is 18.5 Å². The number of aryl methyl sites for hydroxylation is 2. The van der Waals surface area contributed by atoms with Gasteiger partial charge in [-0.3, -0.25) is 19.1 Å². The van der Waals surface area contributed by atoms with Crippen LogP contribution in [-0.4, -0.2) is 63.5 Å². The molecule has 0 aliphatic carbocycles. The number of rotatable bonds is 4. The first-order chi connectivity index (χ1) is 11.8. The first-order valence-corrected chi connectivity index (χ1v) is 8.64. The molecule has 1 aliphatic heterocycles. The molecule has 0 bridgehead atoms. The number of primary amides is 1. The van der Waals surface area contributed by atoms with E-state index in [9.17, 15) is 14.4 Å². The second-order valence-electron chi connectivity index (χ2n) is 6.58. The quantitative estimate of drug-likeness (QED) is 0.845. The Bertz CT molecular complexity index is 682. The van der Waals surface area contributed by atoms with Crippen molar-refractivity contribution in [3.05, 3.63) is 17.0 Å². The summed E-state index contributed by atoms with van der Waals surface area (Å²) in [5.74, 6) is -1.35. The Morgan fingerprint density at radius 1 is 1.16 bits per heavy atom. The first-order valence-electron chi connectivity index (χ1n) is 8.64. The van der Waals surface area contributed by atoms with E-state index < -0.39 is 11.8 Å². The Labute approximate surface area is 147 Å². The van der Waals surface area contributed by atoms with Gasteiger partial charge in [-0.1, -0.05) is 6.92 Å². The zero-order valence-corrected chi connectivity index (χ0v) is 15.4. The van der Waals surface area contributed by atoms with E-state index in [1.54, 1.807) is 9.80 Å². The highest BCUT2D eigenvalue weighted by molar-refractivity contribution is 5.96. The van der Waals surface area contributed by atoms with E-state index in [0.29, 0.717) is 24.3 Å². The fourth-order valence-electron chi connectivity index (χ4n) is 3.26. The molecular formula is C17H27N5O3. The molecule has 1 aromatic rings. The Hall–Kier alpha value is -2.38. The molecule has 2 rings (SSSR count). The van der Waals surface area contributed by atoms with Crippen LogP contribution in [0.4, 0.5) is 0 Å². The Morgan fingerprint density at radius 2 is 1.76 bits per heavy atom. The number of nitrogens with zero attached hydrogens (tertiary/aromatic N) is 4. The molecule has 1 atom stereocenters. The third-order valence-corrected chi connectivity index (χ3v) is 4.69. The molecule has 8 heteroatoms. The molecule has 0 aromatic carbocycles. The molecule has 1 saturated heterocycles. The summed E-state index contributed by atoms with van der Waals surface area (Å²) in [6, 6.07) is 0. The second-order valence-corrected chi connectivity index (χ2v) is 6.58. The van der Waals surface area contributed by atoms with Crippen LogP contribution in [0.2, 0.25) is 0 Å². The van der Waals surface area contributed by atoms with Gasteiger partial charge in [-0.05, 0) is 20.3 Å². The zero-order valence-electron chi connectivity index (χ0n) is 15.4. The largest absolute Gasteiger partial charge is 0.369 e. The topological polar surface area (TPSA) is 102 Å². The SMILES string of the molecule is CCCn1nc(C)c(C(=O)N2CCN(C(C)=O)C[C@H](C(N)=O)C2)c1C. The third kappa shape index (κ3) is 4.00. The van der Waals surface area contributed by atoms with Gasteiger partial charge in [0.25, 0.3) is 5.91 Å². The van der Waals surface area contributed by atoms with Crippen molar-refractivity contribution in [3.8, 4) is 0 Å². The van der Waals surface area contributed by atoms with Crippen LogP contribution in [0.15, 0.2) is 0 Å². The van der Waals surface area contributed by atoms with Gasteiger partial charge in [0.1, 0.15) is 0 Å². The van der Waals surface area contributed by atoms with Gasteiger partial charge in [-0.15, -0.1) is 0 Å². The summed E-state index contributed by atoms with van der Waals surface area (Å²) in [7, 11) is 0. The molecule has 1 fully saturated rings. The maximum Gasteiger partial charge on any atom is 0.257 e. The van der Waals surface area contributed by atoms with Crippen LogP contribution in [0.1, 0.15) is 42.0 Å². The summed E-state index contributed by atoms with van der Waals surface area (Å²) >= 11 is 0. The molecule has 1 aromatic heterocycles. The molecule has 0 spiro atoms. The fraction of sp³-hybridized carbons (Fsp3) is 0.647. The molecule has 0 radical (unpaired) electrons. The fourth-order valence-corrected chi connectivity index (χ4v) is 3.26. The number of nitrogens with two attached hydrogens (primary N) is 1. The minimum Gasteiger partial charge on any atom is -0.369 e. The summed E-state index contributed by atoms with van der Waals surface area (Å²) in [6.45, 7) is 9.20. The van der Waals surface area contributed by atoms with Crippen LogP contribution in [0, 0.1) is 19.8 Å². The van der Waals surface area contributed by atoms with E-state index in [0.717, 1.165) is 18.7 Å². The summed E-state index contributed by atoms with van der Waals surface area (Å²) in [5, 5.41) is 4.45. The molecule has 0 unspecified atom stereocenters. The maximum atomic E-state index is 13.1. The van der Waals surface area contributed by atoms with Gasteiger partial charge < -0.3 is 15.5 Å². The zero-order chi connectivity index (χ0) is 18.7. The van der Waals surface area contributed by atoms with Crippen molar-refractivity contribution in [2.24, 2.45) is 11.7 Å². The van der Waals surface area contributed by atoms with Gasteiger partial charge in [0.05, 0.1) is 17.2 Å². The molecule has 2 N–H and O–H groups in total. The van der Waals surface area contributed by atoms with Crippen molar-refractivity contribution < 1.29 is 14.4 Å². The first kappa shape index (κ1) is 19.0. The van der Waals surface area contributed by atoms with Gasteiger partial charge in [0, 0.05) is 45.3 Å². The summed E-state index contributed by atoms with van der Waals surface area (Å²) in [5.41, 5.74) is 7.56. The lowest BCUT2D eigenvalue weighted by atomic mass is 10.1. The van der Waals surface area contributed by atoms with Crippen molar-refractivity contribution in [1.29, 1.82) is 0 Å². The third-order valence-electron chi connectivity index (χ3n) is 4.69. The number of hydrogen-bond donors (Lipinski definition) is 1. The normalized spacial score (nSPS) is 18.2. The monoisotopic (exact) mass is 349 g/mol. The van der Waals surface area contributed by atoms with Crippen molar-refractivity contribution in [2.75, 3.05) is 26.2 Å². The molecule has 25 heavy (non-hydrogen) atoms. The van der Waals surface area contributed by atoms with E-state index in [4.69, 9.17) is 5.73 Å². The highest BCUT2D eigenvalue weighted by Crippen LogP contribution is 2.19. The average Bonchev–Trinajstić information content (AvgIpc) is 2.73. The number of amides is 3. The lowest BCUT2D eigenvalue weighted by molar-refractivity contribution is -0.130. The average molecular weight is 349 g/mol. The van der Waals surface area contributed by atoms with Gasteiger partial charge in [-0.2, -0.15) is 5.10 Å². The highest BCUT2D eigenvalue weighted by atomic mass is 16.2. The lowest BCUT2D eigenvalue weighted by Gasteiger charge is -2.22. The van der Waals surface area contributed by atoms with Crippen LogP contribution < -0.4 is 5.73 Å². The molecule has 138 valence electrons. The van der Waals surface area contributed by atoms with Gasteiger partial charge in [0.15, 0.2) is 0 Å². The van der Waals surface area contributed by atoms with Crippen LogP contribution in [0.3, 0.4) is 0 Å². The van der Waals surface area contributed by atoms with Gasteiger partial charge >= 0.3 is 0 Å². The number of hydrogen-bond acceptors (Lipinski definition) is 4. The predicted molar refractivity (Wildman–Crippen MR) is 92.8 cm³/mol. The minimum absolute atomic E-state index is 0.122. The van der Waals surface area contributed by atoms with Crippen molar-refractivity contribution in [2.45, 2.75) is 40.7 Å². The number of carbonyl (C=O) groups is 3. The molecule has 8 nitrogen and oxygen atoms in total. The smallest absolute Gasteiger partial charge is 0.257 e. The summed E-state index contributed by atoms with van der Waals surface area (Å²) in [4.78, 5) is 39.7. The molecule has 2 heterocycles. The van der Waals surface area contributed by atoms with Gasteiger partial charge in [0.2, 0.25) is 11.8 Å². The van der Waals surface area contributed by atoms with E-state index in [2.05, 4.69) is 12.0 Å². The summed E-state index contributed by atoms with van der Waals surface area (Å²) in [6.07, 6.45) is 0.927. The number of aromatic nitrogens is 2. The molecule has 0 saturated carbocycles. The van der Waals surface area contributed by atoms with Gasteiger partial charge in [-0.25, -0.2) is 0 Å². The second kappa shape index (κ2) is 7.67. The van der Waals surface area contributed by atoms with Crippen LogP contribution in [-0.2, 0) is 16.1 Å². The Balaban J connectivity index is 2.29. The Morgan fingerprint density at radius 3 is 2.32 bits per heavy atom. The number of carbonyl (C=O) groups excluding carboxylic acids is 3. The van der Waals surface area contributed by atoms with Crippen molar-refractivity contribution in [3.63, 3.8) is 0 Å². The van der Waals surface area contributed by atoms with Crippen molar-refractivity contribution >= 4 is 17.7 Å². The molecule has 3 amide bonds. The minimum atomic E-state index is -0.568. The van der Waals surface area contributed by atoms with Crippen LogP contribution in [0.5, 0.6) is 0 Å². The maximum absolute atomic E-state index is 13.1. The van der Waals surface area contributed by atoms with Crippen LogP contribution in [0.25, 0.3) is 0 Å². The molecule has 1 aliphatic rings. The van der Waals surface area contributed by atoms with Crippen LogP contribution >= 0.6 is 0 Å². The predicted octanol–water partition coefficient (Wildman–Crippen LogP) is 0.316.